The predicted octanol–water partition coefficient (Wildman–Crippen LogP) is 4.96. The van der Waals surface area contributed by atoms with Gasteiger partial charge >= 0.3 is 6.09 Å². The summed E-state index contributed by atoms with van der Waals surface area (Å²) in [6.07, 6.45) is 0.336. The zero-order chi connectivity index (χ0) is 23.1. The SMILES string of the molecule is C=C(C(Cl)=CC)C(C)OC(=O)NC(C(=N)c1ccc(-c2ccc(O)cc2)cc1)C(C)N. The molecule has 2 rings (SSSR count). The first-order valence-electron chi connectivity index (χ1n) is 9.86. The lowest BCUT2D eigenvalue weighted by atomic mass is 9.96. The van der Waals surface area contributed by atoms with Crippen molar-refractivity contribution in [3.8, 4) is 16.9 Å². The van der Waals surface area contributed by atoms with Crippen LogP contribution >= 0.6 is 11.6 Å². The highest BCUT2D eigenvalue weighted by Gasteiger charge is 2.25. The maximum Gasteiger partial charge on any atom is 0.408 e. The Morgan fingerprint density at radius 1 is 1.16 bits per heavy atom. The van der Waals surface area contributed by atoms with Crippen LogP contribution in [-0.2, 0) is 4.74 Å². The highest BCUT2D eigenvalue weighted by atomic mass is 35.5. The Bertz CT molecular complexity index is 967. The molecule has 5 N–H and O–H groups in total. The Hall–Kier alpha value is -3.09. The summed E-state index contributed by atoms with van der Waals surface area (Å²) in [5.41, 5.74) is 9.19. The summed E-state index contributed by atoms with van der Waals surface area (Å²) >= 11 is 6.03. The summed E-state index contributed by atoms with van der Waals surface area (Å²) in [7, 11) is 0. The number of alkyl carbamates (subject to hydrolysis) is 1. The second-order valence-electron chi connectivity index (χ2n) is 7.23. The van der Waals surface area contributed by atoms with Crippen molar-refractivity contribution in [2.45, 2.75) is 39.0 Å². The molecule has 1 amide bonds. The van der Waals surface area contributed by atoms with E-state index in [0.29, 0.717) is 16.2 Å². The number of nitrogens with one attached hydrogen (secondary N) is 2. The van der Waals surface area contributed by atoms with Gasteiger partial charge in [-0.15, -0.1) is 0 Å². The third kappa shape index (κ3) is 6.44. The van der Waals surface area contributed by atoms with Crippen LogP contribution in [0, 0.1) is 5.41 Å². The third-order valence-electron chi connectivity index (χ3n) is 4.84. The molecule has 0 fully saturated rings. The van der Waals surface area contributed by atoms with Crippen molar-refractivity contribution in [2.24, 2.45) is 5.73 Å². The number of phenolic OH excluding ortho intramolecular Hbond substituents is 1. The second-order valence-corrected chi connectivity index (χ2v) is 7.64. The van der Waals surface area contributed by atoms with Crippen molar-refractivity contribution in [3.63, 3.8) is 0 Å². The Labute approximate surface area is 187 Å². The molecule has 0 aromatic heterocycles. The Kier molecular flexibility index (Phi) is 8.42. The van der Waals surface area contributed by atoms with E-state index in [1.807, 2.05) is 24.3 Å². The number of aromatic hydroxyl groups is 1. The number of ether oxygens (including phenoxy) is 1. The molecule has 0 saturated carbocycles. The van der Waals surface area contributed by atoms with Gasteiger partial charge in [-0.05, 0) is 49.6 Å². The first-order valence-corrected chi connectivity index (χ1v) is 10.2. The first-order chi connectivity index (χ1) is 14.6. The van der Waals surface area contributed by atoms with Crippen molar-refractivity contribution >= 4 is 23.4 Å². The average Bonchev–Trinajstić information content (AvgIpc) is 2.76. The van der Waals surface area contributed by atoms with Crippen LogP contribution in [0.3, 0.4) is 0 Å². The summed E-state index contributed by atoms with van der Waals surface area (Å²) in [4.78, 5) is 12.4. The van der Waals surface area contributed by atoms with Crippen molar-refractivity contribution in [1.29, 1.82) is 5.41 Å². The molecule has 0 aliphatic heterocycles. The van der Waals surface area contributed by atoms with E-state index in [1.165, 1.54) is 0 Å². The van der Waals surface area contributed by atoms with Gasteiger partial charge in [-0.1, -0.05) is 60.7 Å². The number of nitrogens with two attached hydrogens (primary N) is 1. The minimum absolute atomic E-state index is 0.169. The van der Waals surface area contributed by atoms with Crippen LogP contribution in [0.2, 0.25) is 0 Å². The highest BCUT2D eigenvalue weighted by Crippen LogP contribution is 2.23. The van der Waals surface area contributed by atoms with Gasteiger partial charge < -0.3 is 26.3 Å². The van der Waals surface area contributed by atoms with Gasteiger partial charge in [0.05, 0.1) is 11.8 Å². The summed E-state index contributed by atoms with van der Waals surface area (Å²) in [5.74, 6) is 0.200. The molecule has 31 heavy (non-hydrogen) atoms. The third-order valence-corrected chi connectivity index (χ3v) is 5.30. The van der Waals surface area contributed by atoms with Crippen LogP contribution in [0.4, 0.5) is 4.79 Å². The number of carbonyl (C=O) groups excluding carboxylic acids is 1. The Morgan fingerprint density at radius 2 is 1.68 bits per heavy atom. The lowest BCUT2D eigenvalue weighted by Gasteiger charge is -2.24. The monoisotopic (exact) mass is 441 g/mol. The summed E-state index contributed by atoms with van der Waals surface area (Å²) in [5, 5.41) is 21.1. The number of rotatable bonds is 8. The van der Waals surface area contributed by atoms with Crippen molar-refractivity contribution < 1.29 is 14.6 Å². The van der Waals surface area contributed by atoms with E-state index in [9.17, 15) is 9.90 Å². The molecule has 0 saturated heterocycles. The first kappa shape index (κ1) is 24.2. The predicted molar refractivity (Wildman–Crippen MR) is 126 cm³/mol. The Balaban J connectivity index is 2.10. The molecule has 0 aliphatic rings. The van der Waals surface area contributed by atoms with Gasteiger partial charge in [-0.3, -0.25) is 0 Å². The van der Waals surface area contributed by atoms with Crippen LogP contribution in [0.15, 0.2) is 71.8 Å². The standard InChI is InChI=1S/C24H28ClN3O3/c1-5-21(25)14(2)16(4)31-24(30)28-23(15(3)26)22(27)19-8-6-17(7-9-19)18-10-12-20(29)13-11-18/h5-13,15-16,23,27,29H,2,26H2,1,3-4H3,(H,28,30). The molecule has 7 heteroatoms. The maximum atomic E-state index is 12.4. The van der Waals surface area contributed by atoms with Gasteiger partial charge in [0.1, 0.15) is 11.9 Å². The smallest absolute Gasteiger partial charge is 0.408 e. The number of amides is 1. The van der Waals surface area contributed by atoms with Gasteiger partial charge in [0.2, 0.25) is 0 Å². The molecule has 0 radical (unpaired) electrons. The fourth-order valence-electron chi connectivity index (χ4n) is 2.91. The van der Waals surface area contributed by atoms with Crippen LogP contribution in [-0.4, -0.2) is 35.1 Å². The van der Waals surface area contributed by atoms with Crippen LogP contribution in [0.1, 0.15) is 26.3 Å². The van der Waals surface area contributed by atoms with Gasteiger partial charge in [-0.25, -0.2) is 4.79 Å². The van der Waals surface area contributed by atoms with Gasteiger partial charge in [0.15, 0.2) is 0 Å². The van der Waals surface area contributed by atoms with Crippen molar-refractivity contribution in [3.05, 3.63) is 77.4 Å². The molecule has 6 nitrogen and oxygen atoms in total. The van der Waals surface area contributed by atoms with Crippen molar-refractivity contribution in [2.75, 3.05) is 0 Å². The largest absolute Gasteiger partial charge is 0.508 e. The van der Waals surface area contributed by atoms with Gasteiger partial charge in [-0.2, -0.15) is 0 Å². The molecule has 3 unspecified atom stereocenters. The average molecular weight is 442 g/mol. The van der Waals surface area contributed by atoms with E-state index < -0.39 is 24.3 Å². The van der Waals surface area contributed by atoms with Crippen molar-refractivity contribution in [1.82, 2.24) is 5.32 Å². The van der Waals surface area contributed by atoms with E-state index >= 15 is 0 Å². The zero-order valence-corrected chi connectivity index (χ0v) is 18.6. The number of carbonyl (C=O) groups is 1. The van der Waals surface area contributed by atoms with E-state index in [-0.39, 0.29) is 11.5 Å². The summed E-state index contributed by atoms with van der Waals surface area (Å²) in [6.45, 7) is 8.97. The molecule has 0 aliphatic carbocycles. The quantitative estimate of drug-likeness (QED) is 0.343. The normalized spacial score (nSPS) is 14.3. The highest BCUT2D eigenvalue weighted by molar-refractivity contribution is 6.32. The molecule has 0 heterocycles. The fraction of sp³-hybridized carbons (Fsp3) is 0.250. The van der Waals surface area contributed by atoms with E-state index in [0.717, 1.165) is 11.1 Å². The molecule has 2 aromatic carbocycles. The summed E-state index contributed by atoms with van der Waals surface area (Å²) < 4.78 is 5.34. The van der Waals surface area contributed by atoms with E-state index in [2.05, 4.69) is 11.9 Å². The lowest BCUT2D eigenvalue weighted by molar-refractivity contribution is 0.121. The summed E-state index contributed by atoms with van der Waals surface area (Å²) in [6, 6.07) is 12.9. The minimum atomic E-state index is -0.746. The maximum absolute atomic E-state index is 12.4. The number of benzene rings is 2. The topological polar surface area (TPSA) is 108 Å². The zero-order valence-electron chi connectivity index (χ0n) is 17.9. The fourth-order valence-corrected chi connectivity index (χ4v) is 3.07. The second kappa shape index (κ2) is 10.8. The molecule has 2 aromatic rings. The number of allylic oxidation sites excluding steroid dienone is 1. The van der Waals surface area contributed by atoms with Crippen LogP contribution < -0.4 is 11.1 Å². The van der Waals surface area contributed by atoms with Crippen LogP contribution in [0.25, 0.3) is 11.1 Å². The molecular weight excluding hydrogens is 414 g/mol. The number of hydrogen-bond donors (Lipinski definition) is 4. The molecule has 3 atom stereocenters. The molecular formula is C24H28ClN3O3. The number of hydrogen-bond acceptors (Lipinski definition) is 5. The number of halogens is 1. The minimum Gasteiger partial charge on any atom is -0.508 e. The number of phenols is 1. The molecule has 0 spiro atoms. The Morgan fingerprint density at radius 3 is 2.16 bits per heavy atom. The van der Waals surface area contributed by atoms with E-state index in [1.54, 1.807) is 51.1 Å². The van der Waals surface area contributed by atoms with Gasteiger partial charge in [0.25, 0.3) is 0 Å². The van der Waals surface area contributed by atoms with E-state index in [4.69, 9.17) is 27.5 Å². The lowest BCUT2D eigenvalue weighted by Crippen LogP contribution is -2.51. The molecule has 164 valence electrons. The van der Waals surface area contributed by atoms with Crippen LogP contribution in [0.5, 0.6) is 5.75 Å². The molecule has 0 bridgehead atoms. The van der Waals surface area contributed by atoms with Gasteiger partial charge in [0, 0.05) is 16.6 Å².